The quantitative estimate of drug-likeness (QED) is 0.799. The Hall–Kier alpha value is -2.89. The van der Waals surface area contributed by atoms with Crippen LogP contribution in [0.15, 0.2) is 51.9 Å². The van der Waals surface area contributed by atoms with E-state index in [9.17, 15) is 9.59 Å². The topological polar surface area (TPSA) is 77.1 Å². The molecule has 1 N–H and O–H groups in total. The summed E-state index contributed by atoms with van der Waals surface area (Å²) in [4.78, 5) is 27.8. The van der Waals surface area contributed by atoms with E-state index in [0.717, 1.165) is 0 Å². The lowest BCUT2D eigenvalue weighted by molar-refractivity contribution is 0.102. The third-order valence-corrected chi connectivity index (χ3v) is 3.17. The number of amides is 1. The van der Waals surface area contributed by atoms with Crippen molar-refractivity contribution >= 4 is 22.7 Å². The van der Waals surface area contributed by atoms with Crippen molar-refractivity contribution in [3.05, 3.63) is 58.8 Å². The summed E-state index contributed by atoms with van der Waals surface area (Å²) in [5.74, 6) is -0.682. The monoisotopic (exact) mass is 283 g/mol. The van der Waals surface area contributed by atoms with Gasteiger partial charge in [-0.2, -0.15) is 0 Å². The van der Waals surface area contributed by atoms with Gasteiger partial charge in [0.1, 0.15) is 0 Å². The van der Waals surface area contributed by atoms with Crippen LogP contribution in [0.1, 0.15) is 17.3 Å². The highest BCUT2D eigenvalue weighted by Crippen LogP contribution is 2.16. The molecule has 0 spiro atoms. The first-order valence-corrected chi connectivity index (χ1v) is 6.54. The van der Waals surface area contributed by atoms with E-state index in [1.807, 2.05) is 6.92 Å². The second-order valence-corrected chi connectivity index (χ2v) is 4.49. The first-order valence-electron chi connectivity index (χ1n) is 6.54. The summed E-state index contributed by atoms with van der Waals surface area (Å²) in [7, 11) is 0. The molecule has 2 aromatic heterocycles. The number of pyridine rings is 1. The second kappa shape index (κ2) is 5.24. The number of hydrogen-bond donors (Lipinski definition) is 1. The van der Waals surface area contributed by atoms with Crippen molar-refractivity contribution in [1.29, 1.82) is 0 Å². The second-order valence-electron chi connectivity index (χ2n) is 4.49. The molecule has 0 unspecified atom stereocenters. The lowest BCUT2D eigenvalue weighted by atomic mass is 10.2. The normalized spacial score (nSPS) is 10.7. The van der Waals surface area contributed by atoms with Gasteiger partial charge in [0.15, 0.2) is 5.58 Å². The first-order chi connectivity index (χ1) is 10.2. The van der Waals surface area contributed by atoms with E-state index < -0.39 is 5.76 Å². The molecule has 0 aliphatic heterocycles. The fourth-order valence-corrected chi connectivity index (χ4v) is 2.14. The van der Waals surface area contributed by atoms with Crippen molar-refractivity contribution < 1.29 is 9.21 Å². The van der Waals surface area contributed by atoms with Gasteiger partial charge < -0.3 is 9.73 Å². The first kappa shape index (κ1) is 13.1. The van der Waals surface area contributed by atoms with Crippen molar-refractivity contribution in [2.45, 2.75) is 13.5 Å². The number of fused-ring (bicyclic) bond motifs is 1. The molecule has 0 aliphatic carbocycles. The molecule has 0 fully saturated rings. The summed E-state index contributed by atoms with van der Waals surface area (Å²) in [6, 6.07) is 8.39. The van der Waals surface area contributed by atoms with Crippen molar-refractivity contribution in [3.63, 3.8) is 0 Å². The van der Waals surface area contributed by atoms with Crippen LogP contribution in [0, 0.1) is 0 Å². The summed E-state index contributed by atoms with van der Waals surface area (Å²) >= 11 is 0. The number of nitrogens with one attached hydrogen (secondary N) is 1. The number of aryl methyl sites for hydroxylation is 1. The molecule has 0 saturated heterocycles. The zero-order valence-corrected chi connectivity index (χ0v) is 11.4. The maximum Gasteiger partial charge on any atom is 0.419 e. The van der Waals surface area contributed by atoms with Crippen molar-refractivity contribution in [2.75, 3.05) is 5.32 Å². The van der Waals surface area contributed by atoms with Gasteiger partial charge in [0.2, 0.25) is 0 Å². The molecule has 3 aromatic rings. The maximum atomic E-state index is 12.2. The molecule has 0 atom stereocenters. The van der Waals surface area contributed by atoms with E-state index in [-0.39, 0.29) is 5.91 Å². The van der Waals surface area contributed by atoms with E-state index in [1.54, 1.807) is 42.7 Å². The fraction of sp³-hybridized carbons (Fsp3) is 0.133. The summed E-state index contributed by atoms with van der Waals surface area (Å²) in [5, 5.41) is 2.75. The van der Waals surface area contributed by atoms with Crippen LogP contribution in [0.2, 0.25) is 0 Å². The number of oxazole rings is 1. The minimum Gasteiger partial charge on any atom is -0.408 e. The number of rotatable bonds is 3. The smallest absolute Gasteiger partial charge is 0.408 e. The molecular weight excluding hydrogens is 270 g/mol. The molecule has 21 heavy (non-hydrogen) atoms. The van der Waals surface area contributed by atoms with Gasteiger partial charge in [-0.15, -0.1) is 0 Å². The SMILES string of the molecule is CCn1c(=O)oc2ccc(C(=O)Nc3cccnc3)cc21. The largest absolute Gasteiger partial charge is 0.419 e. The van der Waals surface area contributed by atoms with Gasteiger partial charge in [-0.05, 0) is 37.3 Å². The van der Waals surface area contributed by atoms with E-state index in [2.05, 4.69) is 10.3 Å². The van der Waals surface area contributed by atoms with Crippen LogP contribution in [-0.4, -0.2) is 15.5 Å². The Morgan fingerprint density at radius 2 is 2.24 bits per heavy atom. The minimum absolute atomic E-state index is 0.263. The fourth-order valence-electron chi connectivity index (χ4n) is 2.14. The van der Waals surface area contributed by atoms with E-state index in [1.165, 1.54) is 4.57 Å². The van der Waals surface area contributed by atoms with E-state index >= 15 is 0 Å². The number of carbonyl (C=O) groups is 1. The van der Waals surface area contributed by atoms with E-state index in [0.29, 0.717) is 28.9 Å². The molecule has 0 bridgehead atoms. The molecule has 0 radical (unpaired) electrons. The van der Waals surface area contributed by atoms with Crippen molar-refractivity contribution in [2.24, 2.45) is 0 Å². The van der Waals surface area contributed by atoms with Crippen LogP contribution in [0.5, 0.6) is 0 Å². The van der Waals surface area contributed by atoms with Crippen LogP contribution in [0.25, 0.3) is 11.1 Å². The minimum atomic E-state index is -0.419. The van der Waals surface area contributed by atoms with Crippen LogP contribution < -0.4 is 11.1 Å². The maximum absolute atomic E-state index is 12.2. The Bertz CT molecular complexity index is 849. The predicted octanol–water partition coefficient (Wildman–Crippen LogP) is 2.26. The summed E-state index contributed by atoms with van der Waals surface area (Å²) in [5.41, 5.74) is 2.15. The molecule has 3 rings (SSSR count). The average molecular weight is 283 g/mol. The molecular formula is C15H13N3O3. The Morgan fingerprint density at radius 3 is 2.95 bits per heavy atom. The molecule has 6 heteroatoms. The van der Waals surface area contributed by atoms with Crippen molar-refractivity contribution in [3.8, 4) is 0 Å². The van der Waals surface area contributed by atoms with Gasteiger partial charge >= 0.3 is 5.76 Å². The summed E-state index contributed by atoms with van der Waals surface area (Å²) in [6.45, 7) is 2.33. The number of hydrogen-bond acceptors (Lipinski definition) is 4. The van der Waals surface area contributed by atoms with Gasteiger partial charge in [0.05, 0.1) is 17.4 Å². The zero-order chi connectivity index (χ0) is 14.8. The number of aromatic nitrogens is 2. The molecule has 2 heterocycles. The average Bonchev–Trinajstić information content (AvgIpc) is 2.82. The van der Waals surface area contributed by atoms with Gasteiger partial charge in [-0.25, -0.2) is 4.79 Å². The predicted molar refractivity (Wildman–Crippen MR) is 78.3 cm³/mol. The third-order valence-electron chi connectivity index (χ3n) is 3.17. The Kier molecular flexibility index (Phi) is 3.27. The molecule has 106 valence electrons. The van der Waals surface area contributed by atoms with Crippen LogP contribution >= 0.6 is 0 Å². The Labute approximate surface area is 120 Å². The Balaban J connectivity index is 1.97. The zero-order valence-electron chi connectivity index (χ0n) is 11.4. The molecule has 1 aromatic carbocycles. The lowest BCUT2D eigenvalue weighted by Gasteiger charge is -2.05. The Morgan fingerprint density at radius 1 is 1.38 bits per heavy atom. The van der Waals surface area contributed by atoms with Gasteiger partial charge in [0, 0.05) is 18.3 Å². The number of nitrogens with zero attached hydrogens (tertiary/aromatic N) is 2. The van der Waals surface area contributed by atoms with Gasteiger partial charge in [-0.1, -0.05) is 0 Å². The lowest BCUT2D eigenvalue weighted by Crippen LogP contribution is -2.14. The molecule has 6 nitrogen and oxygen atoms in total. The molecule has 0 saturated carbocycles. The number of benzene rings is 1. The highest BCUT2D eigenvalue weighted by atomic mass is 16.4. The standard InChI is InChI=1S/C15H13N3O3/c1-2-18-12-8-10(5-6-13(12)21-15(18)20)14(19)17-11-4-3-7-16-9-11/h3-9H,2H2,1H3,(H,17,19). The number of anilines is 1. The molecule has 1 amide bonds. The molecule has 0 aliphatic rings. The van der Waals surface area contributed by atoms with Crippen LogP contribution in [0.4, 0.5) is 5.69 Å². The van der Waals surface area contributed by atoms with Crippen LogP contribution in [0.3, 0.4) is 0 Å². The summed E-state index contributed by atoms with van der Waals surface area (Å²) in [6.07, 6.45) is 3.20. The third kappa shape index (κ3) is 2.43. The van der Waals surface area contributed by atoms with Crippen LogP contribution in [-0.2, 0) is 6.54 Å². The summed E-state index contributed by atoms with van der Waals surface area (Å²) < 4.78 is 6.59. The van der Waals surface area contributed by atoms with E-state index in [4.69, 9.17) is 4.42 Å². The highest BCUT2D eigenvalue weighted by Gasteiger charge is 2.12. The van der Waals surface area contributed by atoms with Gasteiger partial charge in [-0.3, -0.25) is 14.3 Å². The number of carbonyl (C=O) groups excluding carboxylic acids is 1. The highest BCUT2D eigenvalue weighted by molar-refractivity contribution is 6.05. The van der Waals surface area contributed by atoms with Crippen molar-refractivity contribution in [1.82, 2.24) is 9.55 Å². The van der Waals surface area contributed by atoms with Gasteiger partial charge in [0.25, 0.3) is 5.91 Å².